The standard InChI is InChI=1S/C11H11N3OS/c1-14(8-10-13-6-7-16-10)11(15)9-2-4-12-5-3-9/h2-7H,8H2,1H3. The molecule has 16 heavy (non-hydrogen) atoms. The third kappa shape index (κ3) is 2.43. The minimum atomic E-state index is -0.0161. The molecule has 0 atom stereocenters. The van der Waals surface area contributed by atoms with Gasteiger partial charge in [0.2, 0.25) is 0 Å². The molecule has 2 aromatic rings. The number of nitrogens with zero attached hydrogens (tertiary/aromatic N) is 3. The number of carbonyl (C=O) groups is 1. The van der Waals surface area contributed by atoms with Crippen LogP contribution >= 0.6 is 11.3 Å². The molecule has 0 fully saturated rings. The molecule has 2 heterocycles. The summed E-state index contributed by atoms with van der Waals surface area (Å²) in [5.41, 5.74) is 0.647. The lowest BCUT2D eigenvalue weighted by atomic mass is 10.2. The molecule has 2 aromatic heterocycles. The average Bonchev–Trinajstić information content (AvgIpc) is 2.82. The molecule has 0 aliphatic heterocycles. The van der Waals surface area contributed by atoms with Gasteiger partial charge in [-0.3, -0.25) is 9.78 Å². The molecule has 0 aliphatic carbocycles. The third-order valence-corrected chi connectivity index (χ3v) is 2.89. The maximum atomic E-state index is 11.9. The highest BCUT2D eigenvalue weighted by Gasteiger charge is 2.12. The molecule has 0 N–H and O–H groups in total. The summed E-state index contributed by atoms with van der Waals surface area (Å²) in [5.74, 6) is -0.0161. The van der Waals surface area contributed by atoms with Gasteiger partial charge in [-0.05, 0) is 12.1 Å². The fraction of sp³-hybridized carbons (Fsp3) is 0.182. The van der Waals surface area contributed by atoms with Crippen LogP contribution in [-0.2, 0) is 6.54 Å². The summed E-state index contributed by atoms with van der Waals surface area (Å²) < 4.78 is 0. The molecule has 82 valence electrons. The Morgan fingerprint density at radius 3 is 2.75 bits per heavy atom. The number of thiazole rings is 1. The molecule has 0 aliphatic rings. The van der Waals surface area contributed by atoms with Crippen molar-refractivity contribution in [2.75, 3.05) is 7.05 Å². The van der Waals surface area contributed by atoms with Crippen molar-refractivity contribution in [1.82, 2.24) is 14.9 Å². The SMILES string of the molecule is CN(Cc1nccs1)C(=O)c1ccncc1. The molecular formula is C11H11N3OS. The highest BCUT2D eigenvalue weighted by molar-refractivity contribution is 7.09. The summed E-state index contributed by atoms with van der Waals surface area (Å²) >= 11 is 1.55. The normalized spacial score (nSPS) is 10.1. The summed E-state index contributed by atoms with van der Waals surface area (Å²) in [6.45, 7) is 0.540. The smallest absolute Gasteiger partial charge is 0.254 e. The van der Waals surface area contributed by atoms with Gasteiger partial charge in [-0.25, -0.2) is 4.98 Å². The molecule has 0 unspecified atom stereocenters. The molecule has 0 spiro atoms. The number of carbonyl (C=O) groups excluding carboxylic acids is 1. The molecule has 4 nitrogen and oxygen atoms in total. The molecule has 0 radical (unpaired) electrons. The van der Waals surface area contributed by atoms with E-state index in [1.807, 2.05) is 5.38 Å². The number of hydrogen-bond donors (Lipinski definition) is 0. The van der Waals surface area contributed by atoms with Crippen molar-refractivity contribution in [2.24, 2.45) is 0 Å². The van der Waals surface area contributed by atoms with Crippen molar-refractivity contribution < 1.29 is 4.79 Å². The van der Waals surface area contributed by atoms with Crippen LogP contribution in [0.25, 0.3) is 0 Å². The van der Waals surface area contributed by atoms with Gasteiger partial charge in [0, 0.05) is 36.6 Å². The quantitative estimate of drug-likeness (QED) is 0.812. The van der Waals surface area contributed by atoms with Crippen LogP contribution in [0.15, 0.2) is 36.1 Å². The molecule has 2 rings (SSSR count). The third-order valence-electron chi connectivity index (χ3n) is 2.13. The van der Waals surface area contributed by atoms with Crippen molar-refractivity contribution in [3.05, 3.63) is 46.7 Å². The maximum Gasteiger partial charge on any atom is 0.254 e. The van der Waals surface area contributed by atoms with Crippen LogP contribution in [0.3, 0.4) is 0 Å². The summed E-state index contributed by atoms with van der Waals surface area (Å²) in [7, 11) is 1.77. The molecule has 0 aromatic carbocycles. The van der Waals surface area contributed by atoms with Crippen molar-refractivity contribution in [3.63, 3.8) is 0 Å². The predicted molar refractivity (Wildman–Crippen MR) is 62.1 cm³/mol. The Hall–Kier alpha value is -1.75. The van der Waals surface area contributed by atoms with Crippen LogP contribution in [0.1, 0.15) is 15.4 Å². The highest BCUT2D eigenvalue weighted by Crippen LogP contribution is 2.09. The number of rotatable bonds is 3. The van der Waals surface area contributed by atoms with Gasteiger partial charge >= 0.3 is 0 Å². The van der Waals surface area contributed by atoms with E-state index in [-0.39, 0.29) is 5.91 Å². The largest absolute Gasteiger partial charge is 0.335 e. The van der Waals surface area contributed by atoms with Gasteiger partial charge in [0.25, 0.3) is 5.91 Å². The van der Waals surface area contributed by atoms with E-state index < -0.39 is 0 Å². The fourth-order valence-electron chi connectivity index (χ4n) is 1.32. The summed E-state index contributed by atoms with van der Waals surface area (Å²) in [6, 6.07) is 3.42. The van der Waals surface area contributed by atoms with Crippen molar-refractivity contribution in [2.45, 2.75) is 6.54 Å². The Morgan fingerprint density at radius 1 is 1.38 bits per heavy atom. The number of hydrogen-bond acceptors (Lipinski definition) is 4. The molecule has 0 saturated carbocycles. The zero-order chi connectivity index (χ0) is 11.4. The summed E-state index contributed by atoms with van der Waals surface area (Å²) in [6.07, 6.45) is 4.97. The Balaban J connectivity index is 2.05. The van der Waals surface area contributed by atoms with E-state index in [0.29, 0.717) is 12.1 Å². The second-order valence-electron chi connectivity index (χ2n) is 3.32. The number of amides is 1. The van der Waals surface area contributed by atoms with Crippen molar-refractivity contribution in [3.8, 4) is 0 Å². The Bertz CT molecular complexity index is 455. The Labute approximate surface area is 97.6 Å². The first kappa shape index (κ1) is 10.8. The van der Waals surface area contributed by atoms with Crippen LogP contribution < -0.4 is 0 Å². The molecule has 5 heteroatoms. The lowest BCUT2D eigenvalue weighted by Crippen LogP contribution is -2.26. The molecule has 0 bridgehead atoms. The van der Waals surface area contributed by atoms with Crippen molar-refractivity contribution in [1.29, 1.82) is 0 Å². The summed E-state index contributed by atoms with van der Waals surface area (Å²) in [5, 5.41) is 2.84. The van der Waals surface area contributed by atoms with Crippen LogP contribution in [0.2, 0.25) is 0 Å². The molecule has 0 saturated heterocycles. The van der Waals surface area contributed by atoms with Gasteiger partial charge < -0.3 is 4.90 Å². The van der Waals surface area contributed by atoms with E-state index in [2.05, 4.69) is 9.97 Å². The Morgan fingerprint density at radius 2 is 2.12 bits per heavy atom. The van der Waals surface area contributed by atoms with Gasteiger partial charge in [-0.2, -0.15) is 0 Å². The van der Waals surface area contributed by atoms with E-state index in [4.69, 9.17) is 0 Å². The minimum absolute atomic E-state index is 0.0161. The topological polar surface area (TPSA) is 46.1 Å². The van der Waals surface area contributed by atoms with Crippen LogP contribution in [0, 0.1) is 0 Å². The first-order valence-electron chi connectivity index (χ1n) is 4.81. The minimum Gasteiger partial charge on any atom is -0.335 e. The fourth-order valence-corrected chi connectivity index (χ4v) is 1.99. The summed E-state index contributed by atoms with van der Waals surface area (Å²) in [4.78, 5) is 21.6. The Kier molecular flexibility index (Phi) is 3.26. The van der Waals surface area contributed by atoms with Crippen molar-refractivity contribution >= 4 is 17.2 Å². The zero-order valence-corrected chi connectivity index (χ0v) is 9.65. The zero-order valence-electron chi connectivity index (χ0n) is 8.83. The number of aromatic nitrogens is 2. The van der Waals surface area contributed by atoms with E-state index in [0.717, 1.165) is 5.01 Å². The number of pyridine rings is 1. The van der Waals surface area contributed by atoms with E-state index >= 15 is 0 Å². The lowest BCUT2D eigenvalue weighted by molar-refractivity contribution is 0.0785. The average molecular weight is 233 g/mol. The van der Waals surface area contributed by atoms with E-state index in [1.54, 1.807) is 54.0 Å². The van der Waals surface area contributed by atoms with Crippen LogP contribution in [0.5, 0.6) is 0 Å². The maximum absolute atomic E-state index is 11.9. The lowest BCUT2D eigenvalue weighted by Gasteiger charge is -2.15. The molecular weight excluding hydrogens is 222 g/mol. The molecule has 1 amide bonds. The predicted octanol–water partition coefficient (Wildman–Crippen LogP) is 1.81. The first-order valence-corrected chi connectivity index (χ1v) is 5.69. The van der Waals surface area contributed by atoms with Gasteiger partial charge in [0.05, 0.1) is 6.54 Å². The highest BCUT2D eigenvalue weighted by atomic mass is 32.1. The second-order valence-corrected chi connectivity index (χ2v) is 4.30. The second kappa shape index (κ2) is 4.85. The van der Waals surface area contributed by atoms with E-state index in [1.165, 1.54) is 0 Å². The van der Waals surface area contributed by atoms with Crippen LogP contribution in [0.4, 0.5) is 0 Å². The van der Waals surface area contributed by atoms with Gasteiger partial charge in [0.15, 0.2) is 0 Å². The van der Waals surface area contributed by atoms with Gasteiger partial charge in [-0.15, -0.1) is 11.3 Å². The van der Waals surface area contributed by atoms with Crippen LogP contribution in [-0.4, -0.2) is 27.8 Å². The van der Waals surface area contributed by atoms with E-state index in [9.17, 15) is 4.79 Å². The van der Waals surface area contributed by atoms with Gasteiger partial charge in [-0.1, -0.05) is 0 Å². The van der Waals surface area contributed by atoms with Gasteiger partial charge in [0.1, 0.15) is 5.01 Å². The monoisotopic (exact) mass is 233 g/mol. The first-order chi connectivity index (χ1) is 7.77.